The number of aromatic nitrogens is 1. The Kier molecular flexibility index (Phi) is 4.18. The van der Waals surface area contributed by atoms with Crippen LogP contribution in [0.5, 0.6) is 0 Å². The van der Waals surface area contributed by atoms with E-state index in [0.29, 0.717) is 11.6 Å². The minimum absolute atomic E-state index is 0.0773. The molecule has 1 aromatic heterocycles. The molecule has 0 bridgehead atoms. The van der Waals surface area contributed by atoms with Gasteiger partial charge in [-0.2, -0.15) is 0 Å². The van der Waals surface area contributed by atoms with E-state index in [-0.39, 0.29) is 11.9 Å². The Morgan fingerprint density at radius 3 is 2.83 bits per heavy atom. The van der Waals surface area contributed by atoms with Gasteiger partial charge in [-0.1, -0.05) is 12.8 Å². The third-order valence-electron chi connectivity index (χ3n) is 3.75. The molecular weight excluding hydrogens is 226 g/mol. The molecule has 1 fully saturated rings. The van der Waals surface area contributed by atoms with Crippen LogP contribution in [0.4, 0.5) is 5.69 Å². The quantitative estimate of drug-likeness (QED) is 0.859. The Balaban J connectivity index is 1.97. The molecule has 1 aliphatic carbocycles. The van der Waals surface area contributed by atoms with Crippen LogP contribution in [0, 0.1) is 5.92 Å². The Morgan fingerprint density at radius 1 is 1.44 bits per heavy atom. The molecule has 2 N–H and O–H groups in total. The van der Waals surface area contributed by atoms with Gasteiger partial charge in [0.2, 0.25) is 0 Å². The van der Waals surface area contributed by atoms with Crippen molar-refractivity contribution in [3.63, 3.8) is 0 Å². The first-order valence-corrected chi connectivity index (χ1v) is 6.65. The largest absolute Gasteiger partial charge is 0.388 e. The number of carbonyl (C=O) groups excluding carboxylic acids is 1. The second-order valence-electron chi connectivity index (χ2n) is 4.99. The Labute approximate surface area is 108 Å². The molecule has 0 aromatic carbocycles. The smallest absolute Gasteiger partial charge is 0.270 e. The molecule has 1 aromatic rings. The van der Waals surface area contributed by atoms with Crippen LogP contribution in [0.25, 0.3) is 0 Å². The molecule has 18 heavy (non-hydrogen) atoms. The van der Waals surface area contributed by atoms with E-state index in [0.717, 1.165) is 5.69 Å². The van der Waals surface area contributed by atoms with E-state index in [2.05, 4.69) is 22.5 Å². The minimum atomic E-state index is -0.0773. The molecule has 1 atom stereocenters. The van der Waals surface area contributed by atoms with Gasteiger partial charge in [-0.3, -0.25) is 9.78 Å². The number of pyridine rings is 1. The number of rotatable bonds is 4. The second-order valence-corrected chi connectivity index (χ2v) is 4.99. The Bertz CT molecular complexity index is 413. The molecule has 0 spiro atoms. The summed E-state index contributed by atoms with van der Waals surface area (Å²) < 4.78 is 0. The first-order valence-electron chi connectivity index (χ1n) is 6.65. The lowest BCUT2D eigenvalue weighted by atomic mass is 10.00. The van der Waals surface area contributed by atoms with Gasteiger partial charge in [0.25, 0.3) is 5.91 Å². The lowest BCUT2D eigenvalue weighted by molar-refractivity contribution is 0.0922. The summed E-state index contributed by atoms with van der Waals surface area (Å²) in [5.41, 5.74) is 1.38. The molecule has 1 aliphatic rings. The normalized spacial score (nSPS) is 17.4. The van der Waals surface area contributed by atoms with Crippen LogP contribution in [0.2, 0.25) is 0 Å². The van der Waals surface area contributed by atoms with Gasteiger partial charge in [0, 0.05) is 25.0 Å². The summed E-state index contributed by atoms with van der Waals surface area (Å²) in [5, 5.41) is 6.07. The summed E-state index contributed by atoms with van der Waals surface area (Å²) in [6, 6.07) is 3.86. The van der Waals surface area contributed by atoms with Crippen molar-refractivity contribution in [2.24, 2.45) is 5.92 Å². The first kappa shape index (κ1) is 12.9. The average Bonchev–Trinajstić information content (AvgIpc) is 2.92. The predicted octanol–water partition coefficient (Wildman–Crippen LogP) is 2.43. The number of nitrogens with zero attached hydrogens (tertiary/aromatic N) is 1. The van der Waals surface area contributed by atoms with E-state index in [4.69, 9.17) is 0 Å². The fourth-order valence-corrected chi connectivity index (χ4v) is 2.57. The highest BCUT2D eigenvalue weighted by atomic mass is 16.1. The molecule has 4 heteroatoms. The number of hydrogen-bond donors (Lipinski definition) is 2. The van der Waals surface area contributed by atoms with Crippen molar-refractivity contribution in [2.45, 2.75) is 38.6 Å². The standard InChI is InChI=1S/C14H21N3O/c1-10(11-5-3-4-6-11)17-14(18)13-9-12(15-2)7-8-16-13/h7-11H,3-6H2,1-2H3,(H,15,16)(H,17,18). The zero-order valence-corrected chi connectivity index (χ0v) is 11.1. The van der Waals surface area contributed by atoms with Crippen molar-refractivity contribution >= 4 is 11.6 Å². The number of nitrogens with one attached hydrogen (secondary N) is 2. The van der Waals surface area contributed by atoms with Crippen molar-refractivity contribution in [1.29, 1.82) is 0 Å². The number of amides is 1. The van der Waals surface area contributed by atoms with E-state index < -0.39 is 0 Å². The molecule has 1 amide bonds. The molecule has 2 rings (SSSR count). The summed E-state index contributed by atoms with van der Waals surface area (Å²) in [6.45, 7) is 2.09. The van der Waals surface area contributed by atoms with Crippen LogP contribution >= 0.6 is 0 Å². The van der Waals surface area contributed by atoms with Gasteiger partial charge < -0.3 is 10.6 Å². The maximum atomic E-state index is 12.1. The second kappa shape index (κ2) is 5.85. The van der Waals surface area contributed by atoms with Gasteiger partial charge in [0.1, 0.15) is 5.69 Å². The fourth-order valence-electron chi connectivity index (χ4n) is 2.57. The van der Waals surface area contributed by atoms with Gasteiger partial charge in [-0.15, -0.1) is 0 Å². The molecule has 98 valence electrons. The summed E-state index contributed by atoms with van der Waals surface area (Å²) in [6.07, 6.45) is 6.69. The van der Waals surface area contributed by atoms with Crippen molar-refractivity contribution in [1.82, 2.24) is 10.3 Å². The zero-order chi connectivity index (χ0) is 13.0. The van der Waals surface area contributed by atoms with Crippen molar-refractivity contribution in [2.75, 3.05) is 12.4 Å². The highest BCUT2D eigenvalue weighted by Gasteiger charge is 2.23. The van der Waals surface area contributed by atoms with Gasteiger partial charge in [0.15, 0.2) is 0 Å². The molecule has 1 saturated carbocycles. The third kappa shape index (κ3) is 3.00. The monoisotopic (exact) mass is 247 g/mol. The van der Waals surface area contributed by atoms with Crippen molar-refractivity contribution < 1.29 is 4.79 Å². The molecule has 1 unspecified atom stereocenters. The van der Waals surface area contributed by atoms with Gasteiger partial charge >= 0.3 is 0 Å². The van der Waals surface area contributed by atoms with E-state index in [1.54, 1.807) is 12.3 Å². The molecule has 0 saturated heterocycles. The van der Waals surface area contributed by atoms with E-state index in [1.165, 1.54) is 25.7 Å². The molecule has 0 radical (unpaired) electrons. The Morgan fingerprint density at radius 2 is 2.17 bits per heavy atom. The fraction of sp³-hybridized carbons (Fsp3) is 0.571. The predicted molar refractivity (Wildman–Crippen MR) is 72.7 cm³/mol. The summed E-state index contributed by atoms with van der Waals surface area (Å²) in [4.78, 5) is 16.2. The summed E-state index contributed by atoms with van der Waals surface area (Å²) in [5.74, 6) is 0.549. The van der Waals surface area contributed by atoms with Crippen LogP contribution in [0.1, 0.15) is 43.1 Å². The van der Waals surface area contributed by atoms with Crippen LogP contribution in [0.15, 0.2) is 18.3 Å². The third-order valence-corrected chi connectivity index (χ3v) is 3.75. The van der Waals surface area contributed by atoms with Crippen LogP contribution in [0.3, 0.4) is 0 Å². The van der Waals surface area contributed by atoms with Gasteiger partial charge in [0.05, 0.1) is 0 Å². The molecule has 4 nitrogen and oxygen atoms in total. The lowest BCUT2D eigenvalue weighted by Crippen LogP contribution is -2.37. The van der Waals surface area contributed by atoms with E-state index in [9.17, 15) is 4.79 Å². The van der Waals surface area contributed by atoms with Crippen LogP contribution in [-0.4, -0.2) is 24.0 Å². The first-order chi connectivity index (χ1) is 8.70. The van der Waals surface area contributed by atoms with Crippen LogP contribution < -0.4 is 10.6 Å². The van der Waals surface area contributed by atoms with Crippen molar-refractivity contribution in [3.8, 4) is 0 Å². The maximum absolute atomic E-state index is 12.1. The topological polar surface area (TPSA) is 54.0 Å². The maximum Gasteiger partial charge on any atom is 0.270 e. The van der Waals surface area contributed by atoms with E-state index in [1.807, 2.05) is 13.1 Å². The summed E-state index contributed by atoms with van der Waals surface area (Å²) in [7, 11) is 1.83. The number of carbonyl (C=O) groups is 1. The van der Waals surface area contributed by atoms with E-state index >= 15 is 0 Å². The average molecular weight is 247 g/mol. The zero-order valence-electron chi connectivity index (χ0n) is 11.1. The molecule has 1 heterocycles. The van der Waals surface area contributed by atoms with Crippen molar-refractivity contribution in [3.05, 3.63) is 24.0 Å². The van der Waals surface area contributed by atoms with Gasteiger partial charge in [-0.25, -0.2) is 0 Å². The summed E-state index contributed by atoms with van der Waals surface area (Å²) >= 11 is 0. The van der Waals surface area contributed by atoms with Crippen LogP contribution in [-0.2, 0) is 0 Å². The van der Waals surface area contributed by atoms with Gasteiger partial charge in [-0.05, 0) is 37.8 Å². The minimum Gasteiger partial charge on any atom is -0.388 e. The highest BCUT2D eigenvalue weighted by Crippen LogP contribution is 2.27. The number of anilines is 1. The lowest BCUT2D eigenvalue weighted by Gasteiger charge is -2.20. The SMILES string of the molecule is CNc1ccnc(C(=O)NC(C)C2CCCC2)c1. The number of hydrogen-bond acceptors (Lipinski definition) is 3. The Hall–Kier alpha value is -1.58. The molecular formula is C14H21N3O. The highest BCUT2D eigenvalue weighted by molar-refractivity contribution is 5.93. The molecule has 0 aliphatic heterocycles.